The van der Waals surface area contributed by atoms with E-state index in [4.69, 9.17) is 0 Å². The molecule has 0 amide bonds. The average molecular weight is 224 g/mol. The Labute approximate surface area is 96.3 Å². The van der Waals surface area contributed by atoms with Gasteiger partial charge < -0.3 is 5.32 Å². The van der Waals surface area contributed by atoms with Crippen molar-refractivity contribution in [3.63, 3.8) is 0 Å². The van der Waals surface area contributed by atoms with Crippen molar-refractivity contribution in [3.05, 3.63) is 21.9 Å². The Hall–Kier alpha value is -0.380. The summed E-state index contributed by atoms with van der Waals surface area (Å²) in [7, 11) is 2.22. The molecule has 2 heterocycles. The van der Waals surface area contributed by atoms with Crippen molar-refractivity contribution in [1.29, 1.82) is 0 Å². The van der Waals surface area contributed by atoms with Gasteiger partial charge in [0.05, 0.1) is 0 Å². The molecular formula is C12H20N2S. The molecule has 2 rings (SSSR count). The van der Waals surface area contributed by atoms with Gasteiger partial charge in [-0.05, 0) is 45.5 Å². The Morgan fingerprint density at radius 2 is 2.40 bits per heavy atom. The molecule has 0 radical (unpaired) electrons. The van der Waals surface area contributed by atoms with Crippen LogP contribution >= 0.6 is 11.3 Å². The van der Waals surface area contributed by atoms with Crippen LogP contribution < -0.4 is 5.32 Å². The SMILES string of the molecule is Cc1ccc(CN(C)CC2CCCN2)s1. The monoisotopic (exact) mass is 224 g/mol. The van der Waals surface area contributed by atoms with Crippen molar-refractivity contribution >= 4 is 11.3 Å². The van der Waals surface area contributed by atoms with Crippen molar-refractivity contribution < 1.29 is 0 Å². The van der Waals surface area contributed by atoms with E-state index < -0.39 is 0 Å². The first-order chi connectivity index (χ1) is 7.24. The van der Waals surface area contributed by atoms with Crippen molar-refractivity contribution in [2.45, 2.75) is 32.4 Å². The summed E-state index contributed by atoms with van der Waals surface area (Å²) in [6, 6.07) is 5.18. The highest BCUT2D eigenvalue weighted by atomic mass is 32.1. The molecule has 0 saturated carbocycles. The molecule has 15 heavy (non-hydrogen) atoms. The Morgan fingerprint density at radius 1 is 1.53 bits per heavy atom. The molecular weight excluding hydrogens is 204 g/mol. The number of hydrogen-bond donors (Lipinski definition) is 1. The summed E-state index contributed by atoms with van der Waals surface area (Å²) in [5.41, 5.74) is 0. The van der Waals surface area contributed by atoms with Crippen LogP contribution in [0.5, 0.6) is 0 Å². The van der Waals surface area contributed by atoms with Gasteiger partial charge in [-0.2, -0.15) is 0 Å². The predicted molar refractivity (Wildman–Crippen MR) is 66.4 cm³/mol. The molecule has 1 aliphatic heterocycles. The second-order valence-electron chi connectivity index (χ2n) is 4.50. The highest BCUT2D eigenvalue weighted by Crippen LogP contribution is 2.17. The van der Waals surface area contributed by atoms with Gasteiger partial charge in [-0.1, -0.05) is 0 Å². The number of thiophene rings is 1. The minimum Gasteiger partial charge on any atom is -0.313 e. The van der Waals surface area contributed by atoms with Gasteiger partial charge in [0.25, 0.3) is 0 Å². The Kier molecular flexibility index (Phi) is 3.78. The van der Waals surface area contributed by atoms with E-state index in [1.54, 1.807) is 0 Å². The Morgan fingerprint density at radius 3 is 3.00 bits per heavy atom. The van der Waals surface area contributed by atoms with Crippen molar-refractivity contribution in [1.82, 2.24) is 10.2 Å². The van der Waals surface area contributed by atoms with E-state index in [-0.39, 0.29) is 0 Å². The second kappa shape index (κ2) is 5.10. The number of rotatable bonds is 4. The van der Waals surface area contributed by atoms with Crippen LogP contribution in [0.4, 0.5) is 0 Å². The molecule has 1 N–H and O–H groups in total. The zero-order chi connectivity index (χ0) is 10.7. The molecule has 0 aliphatic carbocycles. The van der Waals surface area contributed by atoms with Gasteiger partial charge in [0, 0.05) is 28.9 Å². The maximum atomic E-state index is 3.54. The van der Waals surface area contributed by atoms with Gasteiger partial charge in [0.2, 0.25) is 0 Å². The fraction of sp³-hybridized carbons (Fsp3) is 0.667. The molecule has 0 spiro atoms. The summed E-state index contributed by atoms with van der Waals surface area (Å²) in [5.74, 6) is 0. The molecule has 1 saturated heterocycles. The molecule has 1 atom stereocenters. The molecule has 84 valence electrons. The maximum Gasteiger partial charge on any atom is 0.0325 e. The van der Waals surface area contributed by atoms with E-state index in [1.807, 2.05) is 11.3 Å². The fourth-order valence-electron chi connectivity index (χ4n) is 2.19. The standard InChI is InChI=1S/C12H20N2S/c1-10-5-6-12(15-10)9-14(2)8-11-4-3-7-13-11/h5-6,11,13H,3-4,7-9H2,1-2H3. The van der Waals surface area contributed by atoms with Crippen LogP contribution in [0.1, 0.15) is 22.6 Å². The molecule has 2 nitrogen and oxygen atoms in total. The van der Waals surface area contributed by atoms with E-state index in [1.165, 1.54) is 35.7 Å². The van der Waals surface area contributed by atoms with Crippen molar-refractivity contribution in [2.75, 3.05) is 20.1 Å². The third kappa shape index (κ3) is 3.30. The number of nitrogens with zero attached hydrogens (tertiary/aromatic N) is 1. The largest absolute Gasteiger partial charge is 0.313 e. The van der Waals surface area contributed by atoms with E-state index >= 15 is 0 Å². The summed E-state index contributed by atoms with van der Waals surface area (Å²) in [4.78, 5) is 5.32. The molecule has 3 heteroatoms. The third-order valence-electron chi connectivity index (χ3n) is 2.92. The zero-order valence-corrected chi connectivity index (χ0v) is 10.4. The summed E-state index contributed by atoms with van der Waals surface area (Å²) in [5, 5.41) is 3.54. The molecule has 0 bridgehead atoms. The lowest BCUT2D eigenvalue weighted by molar-refractivity contribution is 0.295. The minimum atomic E-state index is 0.719. The van der Waals surface area contributed by atoms with E-state index in [9.17, 15) is 0 Å². The first kappa shape index (κ1) is 11.1. The third-order valence-corrected chi connectivity index (χ3v) is 3.90. The van der Waals surface area contributed by atoms with Gasteiger partial charge in [0.1, 0.15) is 0 Å². The Balaban J connectivity index is 1.78. The van der Waals surface area contributed by atoms with Gasteiger partial charge in [-0.25, -0.2) is 0 Å². The van der Waals surface area contributed by atoms with Crippen molar-refractivity contribution in [3.8, 4) is 0 Å². The number of nitrogens with one attached hydrogen (secondary N) is 1. The van der Waals surface area contributed by atoms with E-state index in [0.29, 0.717) is 0 Å². The van der Waals surface area contributed by atoms with Crippen LogP contribution in [0.25, 0.3) is 0 Å². The smallest absolute Gasteiger partial charge is 0.0325 e. The molecule has 1 fully saturated rings. The number of hydrogen-bond acceptors (Lipinski definition) is 3. The molecule has 1 unspecified atom stereocenters. The minimum absolute atomic E-state index is 0.719. The van der Waals surface area contributed by atoms with Crippen LogP contribution in [0.2, 0.25) is 0 Å². The Bertz CT molecular complexity index is 302. The first-order valence-corrected chi connectivity index (χ1v) is 6.53. The van der Waals surface area contributed by atoms with Crippen LogP contribution in [0.15, 0.2) is 12.1 Å². The van der Waals surface area contributed by atoms with Gasteiger partial charge in [-0.15, -0.1) is 11.3 Å². The van der Waals surface area contributed by atoms with Gasteiger partial charge in [-0.3, -0.25) is 4.90 Å². The predicted octanol–water partition coefficient (Wildman–Crippen LogP) is 2.24. The molecule has 0 aromatic carbocycles. The number of likely N-dealkylation sites (N-methyl/N-ethyl adjacent to an activating group) is 1. The summed E-state index contributed by atoms with van der Waals surface area (Å²) >= 11 is 1.91. The van der Waals surface area contributed by atoms with Gasteiger partial charge in [0.15, 0.2) is 0 Å². The summed E-state index contributed by atoms with van der Waals surface area (Å²) in [6.45, 7) is 5.65. The lowest BCUT2D eigenvalue weighted by Crippen LogP contribution is -2.34. The lowest BCUT2D eigenvalue weighted by Gasteiger charge is -2.20. The molecule has 1 aromatic heterocycles. The summed E-state index contributed by atoms with van der Waals surface area (Å²) < 4.78 is 0. The maximum absolute atomic E-state index is 3.54. The van der Waals surface area contributed by atoms with E-state index in [2.05, 4.69) is 36.3 Å². The zero-order valence-electron chi connectivity index (χ0n) is 9.62. The van der Waals surface area contributed by atoms with Gasteiger partial charge >= 0.3 is 0 Å². The molecule has 1 aromatic rings. The summed E-state index contributed by atoms with van der Waals surface area (Å²) in [6.07, 6.45) is 2.68. The highest BCUT2D eigenvalue weighted by molar-refractivity contribution is 7.11. The van der Waals surface area contributed by atoms with E-state index in [0.717, 1.165) is 12.6 Å². The number of aryl methyl sites for hydroxylation is 1. The average Bonchev–Trinajstić information content (AvgIpc) is 2.77. The molecule has 1 aliphatic rings. The lowest BCUT2D eigenvalue weighted by atomic mass is 10.2. The van der Waals surface area contributed by atoms with Crippen molar-refractivity contribution in [2.24, 2.45) is 0 Å². The van der Waals surface area contributed by atoms with Crippen LogP contribution in [-0.4, -0.2) is 31.1 Å². The topological polar surface area (TPSA) is 15.3 Å². The van der Waals surface area contributed by atoms with Crippen LogP contribution in [-0.2, 0) is 6.54 Å². The van der Waals surface area contributed by atoms with Crippen LogP contribution in [0, 0.1) is 6.92 Å². The second-order valence-corrected chi connectivity index (χ2v) is 5.87. The first-order valence-electron chi connectivity index (χ1n) is 5.71. The van der Waals surface area contributed by atoms with Crippen LogP contribution in [0.3, 0.4) is 0 Å². The fourth-order valence-corrected chi connectivity index (χ4v) is 3.16. The highest BCUT2D eigenvalue weighted by Gasteiger charge is 2.15. The quantitative estimate of drug-likeness (QED) is 0.844. The normalized spacial score (nSPS) is 21.4.